The number of alkyl halides is 3. The molecule has 8 nitrogen and oxygen atoms in total. The van der Waals surface area contributed by atoms with Crippen LogP contribution in [0, 0.1) is 0 Å². The monoisotopic (exact) mass is 613 g/mol. The second-order valence-electron chi connectivity index (χ2n) is 10.5. The van der Waals surface area contributed by atoms with Crippen LogP contribution in [0.3, 0.4) is 0 Å². The number of fused-ring (bicyclic) bond motifs is 2. The maximum atomic E-state index is 13.4. The van der Waals surface area contributed by atoms with E-state index in [0.29, 0.717) is 42.7 Å². The number of benzene rings is 3. The number of para-hydroxylation sites is 2. The molecule has 0 aliphatic carbocycles. The number of nitrogen functional groups attached to an aromatic ring is 1. The lowest BCUT2D eigenvalue weighted by Gasteiger charge is -2.27. The Kier molecular flexibility index (Phi) is 9.36. The van der Waals surface area contributed by atoms with Crippen molar-refractivity contribution in [1.29, 1.82) is 0 Å². The highest BCUT2D eigenvalue weighted by Gasteiger charge is 2.38. The van der Waals surface area contributed by atoms with E-state index < -0.39 is 28.7 Å². The molecule has 2 aliphatic heterocycles. The molecular weight excluding hydrogens is 583 g/mol. The predicted molar refractivity (Wildman–Crippen MR) is 161 cm³/mol. The highest BCUT2D eigenvalue weighted by atomic mass is 35.5. The largest absolute Gasteiger partial charge is 0.417 e. The van der Waals surface area contributed by atoms with Crippen molar-refractivity contribution in [2.75, 3.05) is 42.6 Å². The zero-order chi connectivity index (χ0) is 30.6. The molecule has 226 valence electrons. The Morgan fingerprint density at radius 2 is 1.86 bits per heavy atom. The van der Waals surface area contributed by atoms with Gasteiger partial charge in [0.25, 0.3) is 0 Å². The summed E-state index contributed by atoms with van der Waals surface area (Å²) in [4.78, 5) is 28.1. The fourth-order valence-electron chi connectivity index (χ4n) is 5.26. The van der Waals surface area contributed by atoms with Crippen LogP contribution in [0.1, 0.15) is 29.2 Å². The number of likely N-dealkylation sites (tertiary alicyclic amines) is 1. The minimum Gasteiger partial charge on any atom is -0.397 e. The molecule has 2 saturated heterocycles. The molecule has 2 amide bonds. The highest BCUT2D eigenvalue weighted by Crippen LogP contribution is 2.36. The van der Waals surface area contributed by atoms with Gasteiger partial charge in [0.05, 0.1) is 34.7 Å². The summed E-state index contributed by atoms with van der Waals surface area (Å²) in [6, 6.07) is 16.7. The molecule has 0 aromatic heterocycles. The number of halogens is 4. The molecule has 2 bridgehead atoms. The lowest BCUT2D eigenvalue weighted by molar-refractivity contribution is -0.137. The summed E-state index contributed by atoms with van der Waals surface area (Å²) in [7, 11) is 0. The topological polar surface area (TPSA) is 109 Å². The van der Waals surface area contributed by atoms with E-state index in [1.165, 1.54) is 12.1 Å². The van der Waals surface area contributed by atoms with Crippen molar-refractivity contribution < 1.29 is 27.5 Å². The van der Waals surface area contributed by atoms with E-state index in [1.54, 1.807) is 54.6 Å². The molecule has 5 N–H and O–H groups in total. The van der Waals surface area contributed by atoms with Gasteiger partial charge in [-0.1, -0.05) is 48.0 Å². The van der Waals surface area contributed by atoms with Crippen LogP contribution < -0.4 is 21.7 Å². The molecule has 3 unspecified atom stereocenters. The molecule has 0 radical (unpaired) electrons. The molecule has 2 heterocycles. The number of rotatable bonds is 10. The summed E-state index contributed by atoms with van der Waals surface area (Å²) >= 11 is 5.86. The second-order valence-corrected chi connectivity index (χ2v) is 10.9. The van der Waals surface area contributed by atoms with Gasteiger partial charge in [0.15, 0.2) is 0 Å². The number of amides is 2. The molecule has 0 spiro atoms. The van der Waals surface area contributed by atoms with Crippen LogP contribution in [0.25, 0.3) is 6.08 Å². The molecule has 3 aromatic rings. The average molecular weight is 614 g/mol. The van der Waals surface area contributed by atoms with Gasteiger partial charge < -0.3 is 26.4 Å². The number of nitrogens with zero attached hydrogens (tertiary/aromatic N) is 1. The second kappa shape index (κ2) is 13.2. The fourth-order valence-corrected chi connectivity index (χ4v) is 5.55. The van der Waals surface area contributed by atoms with E-state index in [0.717, 1.165) is 30.7 Å². The maximum absolute atomic E-state index is 13.4. The van der Waals surface area contributed by atoms with Crippen molar-refractivity contribution in [2.24, 2.45) is 0 Å². The van der Waals surface area contributed by atoms with E-state index in [9.17, 15) is 22.8 Å². The summed E-state index contributed by atoms with van der Waals surface area (Å²) in [5.41, 5.74) is 7.37. The summed E-state index contributed by atoms with van der Waals surface area (Å²) in [6.45, 7) is 2.76. The maximum Gasteiger partial charge on any atom is 0.417 e. The van der Waals surface area contributed by atoms with Crippen molar-refractivity contribution >= 4 is 46.6 Å². The third kappa shape index (κ3) is 7.74. The Morgan fingerprint density at radius 1 is 1.09 bits per heavy atom. The first-order chi connectivity index (χ1) is 20.6. The normalized spacial score (nSPS) is 19.1. The van der Waals surface area contributed by atoms with Gasteiger partial charge >= 0.3 is 6.18 Å². The summed E-state index contributed by atoms with van der Waals surface area (Å²) in [5, 5.41) is 8.20. The first-order valence-electron chi connectivity index (χ1n) is 13.8. The van der Waals surface area contributed by atoms with Gasteiger partial charge in [-0.2, -0.15) is 13.2 Å². The molecule has 5 rings (SSSR count). The zero-order valence-corrected chi connectivity index (χ0v) is 23.8. The van der Waals surface area contributed by atoms with Crippen LogP contribution in [0.5, 0.6) is 0 Å². The van der Waals surface area contributed by atoms with E-state index in [-0.39, 0.29) is 17.7 Å². The van der Waals surface area contributed by atoms with Gasteiger partial charge in [-0.15, -0.1) is 0 Å². The molecule has 2 fully saturated rings. The van der Waals surface area contributed by atoms with Crippen LogP contribution in [0.4, 0.5) is 30.2 Å². The smallest absolute Gasteiger partial charge is 0.397 e. The number of carbonyl (C=O) groups is 2. The number of hydrogen-bond donors (Lipinski definition) is 4. The van der Waals surface area contributed by atoms with E-state index >= 15 is 0 Å². The Morgan fingerprint density at radius 3 is 2.51 bits per heavy atom. The van der Waals surface area contributed by atoms with E-state index in [4.69, 9.17) is 22.1 Å². The SMILES string of the molecule is Nc1ccccc1NC(=O)C=Cc1ccc(C(NCCN2CC3CC2CO3)C(=O)Nc2ccc(C(F)(F)F)c(Cl)c2)cc1. The third-order valence-electron chi connectivity index (χ3n) is 7.48. The number of hydrogen-bond acceptors (Lipinski definition) is 6. The molecule has 0 saturated carbocycles. The van der Waals surface area contributed by atoms with Gasteiger partial charge in [-0.05, 0) is 54.0 Å². The number of morpholine rings is 1. The standard InChI is InChI=1S/C31H31ClF3N5O3/c32-25-15-21(10-11-24(25)31(33,34)35)38-30(42)29(37-13-14-40-17-23-16-22(40)18-43-23)20-8-5-19(6-9-20)7-12-28(41)39-27-4-2-1-3-26(27)36/h1-12,15,22-23,29,37H,13-14,16-18,36H2,(H,38,42)(H,39,41). The lowest BCUT2D eigenvalue weighted by Crippen LogP contribution is -2.43. The van der Waals surface area contributed by atoms with Crippen molar-refractivity contribution in [3.63, 3.8) is 0 Å². The first kappa shape index (κ1) is 30.6. The Balaban J connectivity index is 1.27. The average Bonchev–Trinajstić information content (AvgIpc) is 3.59. The Hall–Kier alpha value is -3.90. The fraction of sp³-hybridized carbons (Fsp3) is 0.290. The van der Waals surface area contributed by atoms with Crippen LogP contribution in [0.2, 0.25) is 5.02 Å². The summed E-state index contributed by atoms with van der Waals surface area (Å²) < 4.78 is 45.1. The van der Waals surface area contributed by atoms with Crippen LogP contribution >= 0.6 is 11.6 Å². The molecule has 3 aromatic carbocycles. The number of ether oxygens (including phenoxy) is 1. The van der Waals surface area contributed by atoms with Crippen molar-refractivity contribution in [1.82, 2.24) is 10.2 Å². The number of anilines is 3. The van der Waals surface area contributed by atoms with Crippen LogP contribution in [-0.2, 0) is 20.5 Å². The molecule has 12 heteroatoms. The minimum atomic E-state index is -4.60. The Labute approximate surface area is 252 Å². The van der Waals surface area contributed by atoms with Crippen LogP contribution in [-0.4, -0.2) is 55.1 Å². The highest BCUT2D eigenvalue weighted by molar-refractivity contribution is 6.31. The zero-order valence-electron chi connectivity index (χ0n) is 23.0. The van der Waals surface area contributed by atoms with Gasteiger partial charge in [0.2, 0.25) is 11.8 Å². The van der Waals surface area contributed by atoms with E-state index in [2.05, 4.69) is 20.9 Å². The van der Waals surface area contributed by atoms with Gasteiger partial charge in [0, 0.05) is 37.4 Å². The van der Waals surface area contributed by atoms with E-state index in [1.807, 2.05) is 0 Å². The number of carbonyl (C=O) groups excluding carboxylic acids is 2. The molecular formula is C31H31ClF3N5O3. The number of nitrogens with two attached hydrogens (primary N) is 1. The van der Waals surface area contributed by atoms with Crippen molar-refractivity contribution in [3.05, 3.63) is 94.5 Å². The Bertz CT molecular complexity index is 1500. The first-order valence-corrected chi connectivity index (χ1v) is 14.1. The predicted octanol–water partition coefficient (Wildman–Crippen LogP) is 5.34. The molecule has 2 aliphatic rings. The molecule has 3 atom stereocenters. The number of nitrogens with one attached hydrogen (secondary N) is 3. The van der Waals surface area contributed by atoms with Crippen LogP contribution in [0.15, 0.2) is 72.8 Å². The summed E-state index contributed by atoms with van der Waals surface area (Å²) in [5.74, 6) is -0.803. The molecule has 43 heavy (non-hydrogen) atoms. The quantitative estimate of drug-likeness (QED) is 0.182. The van der Waals surface area contributed by atoms with Gasteiger partial charge in [-0.3, -0.25) is 14.5 Å². The lowest BCUT2D eigenvalue weighted by atomic mass is 10.0. The van der Waals surface area contributed by atoms with Gasteiger partial charge in [0.1, 0.15) is 6.04 Å². The third-order valence-corrected chi connectivity index (χ3v) is 7.79. The summed E-state index contributed by atoms with van der Waals surface area (Å²) in [6.07, 6.45) is -0.331. The minimum absolute atomic E-state index is 0.147. The van der Waals surface area contributed by atoms with Gasteiger partial charge in [-0.25, -0.2) is 0 Å². The van der Waals surface area contributed by atoms with Crippen molar-refractivity contribution in [2.45, 2.75) is 30.8 Å². The van der Waals surface area contributed by atoms with Crippen molar-refractivity contribution in [3.8, 4) is 0 Å².